The minimum atomic E-state index is -0.621. The standard InChI is InChI=1S/C15H23ClN2O/c1-11(17)14(12-5-3-6-13(16)9-12)18-8-4-7-15(2,19)10-18/h3,5-6,9,11,14,19H,4,7-8,10,17H2,1-2H3. The number of piperidine rings is 1. The summed E-state index contributed by atoms with van der Waals surface area (Å²) >= 11 is 6.08. The molecule has 1 aliphatic heterocycles. The lowest BCUT2D eigenvalue weighted by atomic mass is 9.90. The summed E-state index contributed by atoms with van der Waals surface area (Å²) in [6, 6.07) is 7.95. The molecule has 0 radical (unpaired) electrons. The van der Waals surface area contributed by atoms with Crippen LogP contribution in [0.4, 0.5) is 0 Å². The zero-order valence-electron chi connectivity index (χ0n) is 11.6. The van der Waals surface area contributed by atoms with Crippen molar-refractivity contribution in [1.29, 1.82) is 0 Å². The molecule has 1 aromatic rings. The Hall–Kier alpha value is -0.610. The zero-order chi connectivity index (χ0) is 14.0. The van der Waals surface area contributed by atoms with Crippen LogP contribution in [0.15, 0.2) is 24.3 Å². The predicted octanol–water partition coefficient (Wildman–Crippen LogP) is 2.58. The highest BCUT2D eigenvalue weighted by Crippen LogP contribution is 2.31. The Bertz CT molecular complexity index is 434. The Labute approximate surface area is 120 Å². The van der Waals surface area contributed by atoms with E-state index in [0.717, 1.165) is 30.0 Å². The minimum absolute atomic E-state index is 0.00707. The van der Waals surface area contributed by atoms with Gasteiger partial charge in [0.2, 0.25) is 0 Å². The van der Waals surface area contributed by atoms with Crippen LogP contribution in [0.1, 0.15) is 38.3 Å². The van der Waals surface area contributed by atoms with Crippen LogP contribution in [0.25, 0.3) is 0 Å². The van der Waals surface area contributed by atoms with E-state index >= 15 is 0 Å². The van der Waals surface area contributed by atoms with Gasteiger partial charge in [-0.2, -0.15) is 0 Å². The van der Waals surface area contributed by atoms with E-state index in [1.54, 1.807) is 0 Å². The molecule has 3 unspecified atom stereocenters. The Balaban J connectivity index is 2.25. The van der Waals surface area contributed by atoms with Gasteiger partial charge in [-0.05, 0) is 50.9 Å². The summed E-state index contributed by atoms with van der Waals surface area (Å²) in [5, 5.41) is 11.0. The van der Waals surface area contributed by atoms with Crippen molar-refractivity contribution < 1.29 is 5.11 Å². The topological polar surface area (TPSA) is 49.5 Å². The van der Waals surface area contributed by atoms with E-state index in [1.165, 1.54) is 0 Å². The first kappa shape index (κ1) is 14.8. The number of rotatable bonds is 3. The SMILES string of the molecule is CC(N)C(c1cccc(Cl)c1)N1CCCC(C)(O)C1. The molecule has 1 aliphatic rings. The van der Waals surface area contributed by atoms with Crippen molar-refractivity contribution in [2.45, 2.75) is 44.4 Å². The van der Waals surface area contributed by atoms with E-state index < -0.39 is 5.60 Å². The van der Waals surface area contributed by atoms with Crippen LogP contribution in [0.5, 0.6) is 0 Å². The molecule has 19 heavy (non-hydrogen) atoms. The van der Waals surface area contributed by atoms with E-state index in [9.17, 15) is 5.11 Å². The molecule has 4 heteroatoms. The summed E-state index contributed by atoms with van der Waals surface area (Å²) in [7, 11) is 0. The molecular weight excluding hydrogens is 260 g/mol. The third kappa shape index (κ3) is 3.69. The van der Waals surface area contributed by atoms with Gasteiger partial charge in [0, 0.05) is 23.7 Å². The maximum atomic E-state index is 10.3. The molecule has 3 nitrogen and oxygen atoms in total. The molecule has 0 aromatic heterocycles. The summed E-state index contributed by atoms with van der Waals surface area (Å²) in [5.41, 5.74) is 6.68. The molecule has 1 fully saturated rings. The first-order chi connectivity index (χ1) is 8.89. The highest BCUT2D eigenvalue weighted by atomic mass is 35.5. The van der Waals surface area contributed by atoms with Crippen LogP contribution >= 0.6 is 11.6 Å². The van der Waals surface area contributed by atoms with E-state index in [1.807, 2.05) is 32.0 Å². The van der Waals surface area contributed by atoms with Crippen LogP contribution in [0.3, 0.4) is 0 Å². The molecule has 0 bridgehead atoms. The van der Waals surface area contributed by atoms with Gasteiger partial charge in [-0.25, -0.2) is 0 Å². The predicted molar refractivity (Wildman–Crippen MR) is 79.3 cm³/mol. The summed E-state index contributed by atoms with van der Waals surface area (Å²) in [4.78, 5) is 2.28. The van der Waals surface area contributed by atoms with Gasteiger partial charge in [0.1, 0.15) is 0 Å². The highest BCUT2D eigenvalue weighted by molar-refractivity contribution is 6.30. The number of hydrogen-bond donors (Lipinski definition) is 2. The van der Waals surface area contributed by atoms with Gasteiger partial charge in [-0.1, -0.05) is 23.7 Å². The van der Waals surface area contributed by atoms with E-state index in [-0.39, 0.29) is 12.1 Å². The van der Waals surface area contributed by atoms with Gasteiger partial charge < -0.3 is 10.8 Å². The molecule has 0 aliphatic carbocycles. The summed E-state index contributed by atoms with van der Waals surface area (Å²) < 4.78 is 0. The normalized spacial score (nSPS) is 28.1. The van der Waals surface area contributed by atoms with E-state index in [2.05, 4.69) is 11.0 Å². The van der Waals surface area contributed by atoms with Crippen LogP contribution < -0.4 is 5.73 Å². The first-order valence-corrected chi connectivity index (χ1v) is 7.24. The third-order valence-electron chi connectivity index (χ3n) is 3.79. The van der Waals surface area contributed by atoms with E-state index in [0.29, 0.717) is 6.54 Å². The monoisotopic (exact) mass is 282 g/mol. The molecule has 106 valence electrons. The second-order valence-electron chi connectivity index (χ2n) is 5.93. The highest BCUT2D eigenvalue weighted by Gasteiger charge is 2.34. The van der Waals surface area contributed by atoms with Crippen molar-refractivity contribution in [2.75, 3.05) is 13.1 Å². The summed E-state index contributed by atoms with van der Waals surface area (Å²) in [5.74, 6) is 0. The molecule has 2 rings (SSSR count). The van der Waals surface area contributed by atoms with Crippen molar-refractivity contribution in [3.05, 3.63) is 34.9 Å². The van der Waals surface area contributed by atoms with Gasteiger partial charge >= 0.3 is 0 Å². The Morgan fingerprint density at radius 1 is 1.47 bits per heavy atom. The third-order valence-corrected chi connectivity index (χ3v) is 4.02. The van der Waals surface area contributed by atoms with Crippen LogP contribution in [0.2, 0.25) is 5.02 Å². The average Bonchev–Trinajstić information content (AvgIpc) is 2.27. The lowest BCUT2D eigenvalue weighted by Crippen LogP contribution is -2.50. The van der Waals surface area contributed by atoms with Gasteiger partial charge in [0.25, 0.3) is 0 Å². The Morgan fingerprint density at radius 2 is 2.21 bits per heavy atom. The number of aliphatic hydroxyl groups is 1. The molecule has 1 aromatic carbocycles. The number of benzene rings is 1. The number of β-amino-alcohol motifs (C(OH)–C–C–N with tert-alkyl or cyclic N) is 1. The first-order valence-electron chi connectivity index (χ1n) is 6.86. The molecule has 0 amide bonds. The fraction of sp³-hybridized carbons (Fsp3) is 0.600. The smallest absolute Gasteiger partial charge is 0.0746 e. The van der Waals surface area contributed by atoms with Crippen molar-refractivity contribution in [1.82, 2.24) is 4.90 Å². The molecule has 3 atom stereocenters. The maximum absolute atomic E-state index is 10.3. The number of nitrogens with zero attached hydrogens (tertiary/aromatic N) is 1. The van der Waals surface area contributed by atoms with Crippen LogP contribution in [-0.2, 0) is 0 Å². The van der Waals surface area contributed by atoms with Gasteiger partial charge in [-0.3, -0.25) is 4.90 Å². The molecular formula is C15H23ClN2O. The zero-order valence-corrected chi connectivity index (χ0v) is 12.4. The number of nitrogens with two attached hydrogens (primary N) is 1. The quantitative estimate of drug-likeness (QED) is 0.896. The maximum Gasteiger partial charge on any atom is 0.0746 e. The molecule has 1 heterocycles. The van der Waals surface area contributed by atoms with Gasteiger partial charge in [0.05, 0.1) is 5.60 Å². The number of halogens is 1. The Morgan fingerprint density at radius 3 is 2.79 bits per heavy atom. The average molecular weight is 283 g/mol. The van der Waals surface area contributed by atoms with E-state index in [4.69, 9.17) is 17.3 Å². The molecule has 1 saturated heterocycles. The number of hydrogen-bond acceptors (Lipinski definition) is 3. The van der Waals surface area contributed by atoms with Gasteiger partial charge in [0.15, 0.2) is 0 Å². The van der Waals surface area contributed by atoms with Crippen molar-refractivity contribution in [3.63, 3.8) is 0 Å². The second kappa shape index (κ2) is 5.80. The van der Waals surface area contributed by atoms with Gasteiger partial charge in [-0.15, -0.1) is 0 Å². The summed E-state index contributed by atoms with van der Waals surface area (Å²) in [6.07, 6.45) is 1.85. The fourth-order valence-corrected chi connectivity index (χ4v) is 3.23. The van der Waals surface area contributed by atoms with Crippen LogP contribution in [0, 0.1) is 0 Å². The second-order valence-corrected chi connectivity index (χ2v) is 6.37. The lowest BCUT2D eigenvalue weighted by molar-refractivity contribution is -0.0333. The van der Waals surface area contributed by atoms with Crippen molar-refractivity contribution >= 4 is 11.6 Å². The number of likely N-dealkylation sites (tertiary alicyclic amines) is 1. The minimum Gasteiger partial charge on any atom is -0.389 e. The van der Waals surface area contributed by atoms with Crippen molar-refractivity contribution in [2.24, 2.45) is 5.73 Å². The van der Waals surface area contributed by atoms with Crippen molar-refractivity contribution in [3.8, 4) is 0 Å². The lowest BCUT2D eigenvalue weighted by Gasteiger charge is -2.43. The summed E-state index contributed by atoms with van der Waals surface area (Å²) in [6.45, 7) is 5.53. The molecule has 0 saturated carbocycles. The fourth-order valence-electron chi connectivity index (χ4n) is 3.03. The molecule has 0 spiro atoms. The molecule has 3 N–H and O–H groups in total. The largest absolute Gasteiger partial charge is 0.389 e. The van der Waals surface area contributed by atoms with Crippen LogP contribution in [-0.4, -0.2) is 34.7 Å². The Kier molecular flexibility index (Phi) is 4.51.